The summed E-state index contributed by atoms with van der Waals surface area (Å²) in [6.07, 6.45) is 0.699. The molecule has 0 amide bonds. The summed E-state index contributed by atoms with van der Waals surface area (Å²) in [5.41, 5.74) is 0. The van der Waals surface area contributed by atoms with E-state index in [1.54, 1.807) is 23.5 Å². The number of carbonyl (C=O) groups is 1. The van der Waals surface area contributed by atoms with Crippen LogP contribution in [0, 0.1) is 0 Å². The summed E-state index contributed by atoms with van der Waals surface area (Å²) in [6, 6.07) is 10.1. The smallest absolute Gasteiger partial charge is 0.300 e. The normalized spacial score (nSPS) is 10.6. The van der Waals surface area contributed by atoms with E-state index in [-0.39, 0.29) is 4.90 Å². The molecule has 1 heterocycles. The Labute approximate surface area is 138 Å². The third-order valence-corrected chi connectivity index (χ3v) is 5.03. The molecule has 0 spiro atoms. The Morgan fingerprint density at radius 2 is 1.86 bits per heavy atom. The van der Waals surface area contributed by atoms with E-state index in [0.717, 1.165) is 11.8 Å². The highest BCUT2D eigenvalue weighted by atomic mass is 35.5. The van der Waals surface area contributed by atoms with Gasteiger partial charge in [0.2, 0.25) is 10.0 Å². The molecule has 2 N–H and O–H groups in total. The lowest BCUT2D eigenvalue weighted by Gasteiger charge is -2.06. The minimum absolute atomic E-state index is 0.234. The van der Waals surface area contributed by atoms with Crippen LogP contribution in [-0.4, -0.2) is 26.0 Å². The number of carboxylic acids is 1. The average molecular weight is 362 g/mol. The first-order valence-corrected chi connectivity index (χ1v) is 9.02. The highest BCUT2D eigenvalue weighted by molar-refractivity contribution is 7.89. The summed E-state index contributed by atoms with van der Waals surface area (Å²) < 4.78 is 26.4. The van der Waals surface area contributed by atoms with Crippen LogP contribution in [0.2, 0.25) is 5.02 Å². The lowest BCUT2D eigenvalue weighted by Crippen LogP contribution is -2.25. The summed E-state index contributed by atoms with van der Waals surface area (Å²) in [6.45, 7) is 1.48. The number of halogens is 1. The second kappa shape index (κ2) is 8.89. The van der Waals surface area contributed by atoms with Gasteiger partial charge in [-0.3, -0.25) is 4.79 Å². The molecule has 1 aromatic heterocycles. The topological polar surface area (TPSA) is 83.5 Å². The highest BCUT2D eigenvalue weighted by Gasteiger charge is 2.12. The van der Waals surface area contributed by atoms with Crippen molar-refractivity contribution in [3.05, 3.63) is 51.7 Å². The van der Waals surface area contributed by atoms with Gasteiger partial charge < -0.3 is 5.11 Å². The number of sulfonamides is 1. The highest BCUT2D eigenvalue weighted by Crippen LogP contribution is 2.14. The molecule has 0 bridgehead atoms. The zero-order valence-electron chi connectivity index (χ0n) is 11.8. The van der Waals surface area contributed by atoms with Crippen molar-refractivity contribution in [1.29, 1.82) is 0 Å². The Hall–Kier alpha value is -1.41. The van der Waals surface area contributed by atoms with Crippen molar-refractivity contribution in [1.82, 2.24) is 4.72 Å². The fourth-order valence-electron chi connectivity index (χ4n) is 1.46. The summed E-state index contributed by atoms with van der Waals surface area (Å²) in [5.74, 6) is -0.833. The van der Waals surface area contributed by atoms with Crippen molar-refractivity contribution in [2.24, 2.45) is 0 Å². The van der Waals surface area contributed by atoms with Crippen LogP contribution in [0.1, 0.15) is 11.8 Å². The van der Waals surface area contributed by atoms with Gasteiger partial charge in [-0.1, -0.05) is 17.7 Å². The second-order valence-electron chi connectivity index (χ2n) is 4.20. The van der Waals surface area contributed by atoms with Gasteiger partial charge in [-0.25, -0.2) is 13.1 Å². The number of thiophene rings is 1. The van der Waals surface area contributed by atoms with Crippen LogP contribution in [0.5, 0.6) is 0 Å². The molecular formula is C14H16ClNO4S2. The Morgan fingerprint density at radius 1 is 1.27 bits per heavy atom. The van der Waals surface area contributed by atoms with Crippen LogP contribution >= 0.6 is 22.9 Å². The van der Waals surface area contributed by atoms with Gasteiger partial charge in [0.05, 0.1) is 4.90 Å². The zero-order chi connectivity index (χ0) is 16.6. The van der Waals surface area contributed by atoms with Gasteiger partial charge in [0.1, 0.15) is 0 Å². The molecule has 2 rings (SSSR count). The van der Waals surface area contributed by atoms with Gasteiger partial charge in [0.25, 0.3) is 5.97 Å². The van der Waals surface area contributed by atoms with Crippen LogP contribution in [0.25, 0.3) is 0 Å². The third-order valence-electron chi connectivity index (χ3n) is 2.37. The number of carboxylic acid groups (broad SMARTS) is 1. The van der Waals surface area contributed by atoms with E-state index in [1.165, 1.54) is 12.1 Å². The molecule has 8 heteroatoms. The Morgan fingerprint density at radius 3 is 2.36 bits per heavy atom. The Kier molecular flexibility index (Phi) is 7.53. The number of hydrogen-bond donors (Lipinski definition) is 2. The summed E-state index contributed by atoms with van der Waals surface area (Å²) in [4.78, 5) is 10.4. The van der Waals surface area contributed by atoms with Crippen molar-refractivity contribution < 1.29 is 18.3 Å². The number of rotatable bonds is 5. The van der Waals surface area contributed by atoms with E-state index < -0.39 is 16.0 Å². The molecule has 1 aromatic carbocycles. The molecule has 0 saturated heterocycles. The Bertz CT molecular complexity index is 678. The maximum absolute atomic E-state index is 11.9. The first kappa shape index (κ1) is 18.6. The van der Waals surface area contributed by atoms with E-state index >= 15 is 0 Å². The number of aliphatic carboxylic acids is 1. The molecule has 2 aromatic rings. The average Bonchev–Trinajstić information content (AvgIpc) is 2.91. The molecule has 0 unspecified atom stereocenters. The quantitative estimate of drug-likeness (QED) is 0.857. The predicted molar refractivity (Wildman–Crippen MR) is 88.0 cm³/mol. The van der Waals surface area contributed by atoms with Crippen LogP contribution in [0.15, 0.2) is 46.7 Å². The molecule has 0 atom stereocenters. The lowest BCUT2D eigenvalue weighted by molar-refractivity contribution is -0.134. The monoisotopic (exact) mass is 361 g/mol. The molecule has 0 aliphatic heterocycles. The van der Waals surface area contributed by atoms with Gasteiger partial charge in [-0.2, -0.15) is 0 Å². The van der Waals surface area contributed by atoms with Gasteiger partial charge >= 0.3 is 0 Å². The summed E-state index contributed by atoms with van der Waals surface area (Å²) >= 11 is 7.34. The molecule has 22 heavy (non-hydrogen) atoms. The molecule has 0 aliphatic carbocycles. The number of nitrogens with one attached hydrogen (secondary N) is 1. The minimum atomic E-state index is -3.43. The molecule has 120 valence electrons. The van der Waals surface area contributed by atoms with Crippen molar-refractivity contribution in [3.63, 3.8) is 0 Å². The maximum atomic E-state index is 11.9. The zero-order valence-corrected chi connectivity index (χ0v) is 14.2. The van der Waals surface area contributed by atoms with E-state index in [2.05, 4.69) is 4.72 Å². The van der Waals surface area contributed by atoms with Gasteiger partial charge in [-0.05, 0) is 42.1 Å². The van der Waals surface area contributed by atoms with Crippen LogP contribution in [-0.2, 0) is 21.2 Å². The Balaban J connectivity index is 0.000000541. The largest absolute Gasteiger partial charge is 0.481 e. The van der Waals surface area contributed by atoms with E-state index in [9.17, 15) is 8.42 Å². The fraction of sp³-hybridized carbons (Fsp3) is 0.214. The van der Waals surface area contributed by atoms with Crippen LogP contribution < -0.4 is 4.72 Å². The third kappa shape index (κ3) is 7.04. The van der Waals surface area contributed by atoms with E-state index in [1.807, 2.05) is 17.5 Å². The van der Waals surface area contributed by atoms with Crippen molar-refractivity contribution in [2.75, 3.05) is 6.54 Å². The SMILES string of the molecule is CC(=O)O.O=S(=O)(NCCc1cccs1)c1ccc(Cl)cc1. The lowest BCUT2D eigenvalue weighted by atomic mass is 10.3. The summed E-state index contributed by atoms with van der Waals surface area (Å²) in [5, 5.41) is 9.91. The first-order valence-electron chi connectivity index (χ1n) is 6.28. The van der Waals surface area contributed by atoms with E-state index in [4.69, 9.17) is 21.5 Å². The number of hydrogen-bond acceptors (Lipinski definition) is 4. The van der Waals surface area contributed by atoms with Crippen LogP contribution in [0.3, 0.4) is 0 Å². The summed E-state index contributed by atoms with van der Waals surface area (Å²) in [7, 11) is -3.43. The minimum Gasteiger partial charge on any atom is -0.481 e. The molecule has 0 fully saturated rings. The van der Waals surface area contributed by atoms with E-state index in [0.29, 0.717) is 18.0 Å². The van der Waals surface area contributed by atoms with Crippen molar-refractivity contribution in [2.45, 2.75) is 18.2 Å². The molecule has 0 aliphatic rings. The number of benzene rings is 1. The fourth-order valence-corrected chi connectivity index (χ4v) is 3.33. The molecule has 5 nitrogen and oxygen atoms in total. The van der Waals surface area contributed by atoms with Gasteiger partial charge in [0, 0.05) is 23.4 Å². The van der Waals surface area contributed by atoms with Gasteiger partial charge in [-0.15, -0.1) is 11.3 Å². The molecule has 0 saturated carbocycles. The first-order chi connectivity index (χ1) is 10.3. The van der Waals surface area contributed by atoms with Crippen LogP contribution in [0.4, 0.5) is 0 Å². The van der Waals surface area contributed by atoms with Crippen molar-refractivity contribution in [3.8, 4) is 0 Å². The molecule has 0 radical (unpaired) electrons. The van der Waals surface area contributed by atoms with Gasteiger partial charge in [0.15, 0.2) is 0 Å². The molecular weight excluding hydrogens is 346 g/mol. The van der Waals surface area contributed by atoms with Crippen molar-refractivity contribution >= 4 is 38.9 Å². The maximum Gasteiger partial charge on any atom is 0.300 e. The standard InChI is InChI=1S/C12H12ClNO2S2.C2H4O2/c13-10-3-5-12(6-4-10)18(15,16)14-8-7-11-2-1-9-17-11;1-2(3)4/h1-6,9,14H,7-8H2;1H3,(H,3,4). The predicted octanol–water partition coefficient (Wildman–Crippen LogP) is 3.01. The second-order valence-corrected chi connectivity index (χ2v) is 7.44.